The molecule has 3 aliphatic heterocycles. The number of amides is 2. The predicted octanol–water partition coefficient (Wildman–Crippen LogP) is 4.46. The van der Waals surface area contributed by atoms with E-state index in [9.17, 15) is 26.4 Å². The van der Waals surface area contributed by atoms with Crippen LogP contribution in [0.4, 0.5) is 23.2 Å². The molecule has 3 atom stereocenters. The number of para-hydroxylation sites is 1. The molecule has 0 saturated carbocycles. The highest BCUT2D eigenvalue weighted by molar-refractivity contribution is 7.93. The first kappa shape index (κ1) is 32.7. The molecule has 3 aromatic rings. The quantitative estimate of drug-likeness (QED) is 0.330. The number of carbonyl (C=O) groups is 2. The van der Waals surface area contributed by atoms with Crippen LogP contribution in [0.1, 0.15) is 17.5 Å². The number of anilines is 1. The number of benzene rings is 3. The summed E-state index contributed by atoms with van der Waals surface area (Å²) in [4.78, 5) is 30.2. The van der Waals surface area contributed by atoms with E-state index in [-0.39, 0.29) is 52.3 Å². The van der Waals surface area contributed by atoms with Crippen LogP contribution in [0.15, 0.2) is 59.5 Å². The molecule has 0 radical (unpaired) electrons. The van der Waals surface area contributed by atoms with Gasteiger partial charge in [0, 0.05) is 49.3 Å². The fourth-order valence-electron chi connectivity index (χ4n) is 6.31. The zero-order valence-electron chi connectivity index (χ0n) is 24.9. The molecule has 250 valence electrons. The van der Waals surface area contributed by atoms with Crippen LogP contribution in [0.25, 0.3) is 0 Å². The van der Waals surface area contributed by atoms with Gasteiger partial charge in [-0.05, 0) is 36.4 Å². The van der Waals surface area contributed by atoms with Crippen LogP contribution in [0.2, 0.25) is 5.02 Å². The van der Waals surface area contributed by atoms with Crippen molar-refractivity contribution in [3.8, 4) is 23.0 Å². The van der Waals surface area contributed by atoms with Gasteiger partial charge in [0.2, 0.25) is 12.7 Å². The number of hydrogen-bond acceptors (Lipinski definition) is 9. The Morgan fingerprint density at radius 1 is 1.09 bits per heavy atom. The second kappa shape index (κ2) is 11.5. The van der Waals surface area contributed by atoms with E-state index < -0.39 is 63.1 Å². The fraction of sp³-hybridized carbons (Fsp3) is 0.333. The number of methoxy groups -OCH3 is 1. The summed E-state index contributed by atoms with van der Waals surface area (Å²) in [5.41, 5.74) is -2.69. The summed E-state index contributed by atoms with van der Waals surface area (Å²) in [7, 11) is -1.22. The molecule has 11 nitrogen and oxygen atoms in total. The van der Waals surface area contributed by atoms with Crippen molar-refractivity contribution in [1.82, 2.24) is 9.80 Å². The summed E-state index contributed by atoms with van der Waals surface area (Å²) in [6.45, 7) is -0.776. The van der Waals surface area contributed by atoms with Gasteiger partial charge in [0.15, 0.2) is 22.8 Å². The number of carbonyl (C=O) groups excluding carboxylic acids is 2. The van der Waals surface area contributed by atoms with Crippen LogP contribution < -0.4 is 23.3 Å². The number of fused-ring (bicyclic) bond motifs is 2. The molecule has 3 aliphatic rings. The molecule has 1 fully saturated rings. The smallest absolute Gasteiger partial charge is 0.497 e. The van der Waals surface area contributed by atoms with Crippen molar-refractivity contribution in [1.29, 1.82) is 0 Å². The lowest BCUT2D eigenvalue weighted by Crippen LogP contribution is -2.59. The topological polar surface area (TPSA) is 115 Å². The Bertz CT molecular complexity index is 1890. The molecule has 17 heteroatoms. The molecule has 0 spiro atoms. The summed E-state index contributed by atoms with van der Waals surface area (Å²) >= 11 is 6.44. The van der Waals surface area contributed by atoms with Crippen molar-refractivity contribution in [2.45, 2.75) is 35.4 Å². The molecular weight excluding hydrogens is 674 g/mol. The zero-order chi connectivity index (χ0) is 34.1. The molecule has 6 rings (SSSR count). The van der Waals surface area contributed by atoms with E-state index in [1.165, 1.54) is 60.3 Å². The number of hydrogen-bond donors (Lipinski definition) is 0. The molecule has 0 aromatic heterocycles. The third-order valence-corrected chi connectivity index (χ3v) is 10.1. The van der Waals surface area contributed by atoms with E-state index in [1.54, 1.807) is 0 Å². The summed E-state index contributed by atoms with van der Waals surface area (Å²) in [6, 6.07) is 9.58. The van der Waals surface area contributed by atoms with Gasteiger partial charge in [0.25, 0.3) is 15.9 Å². The number of likely N-dealkylation sites (tertiary alicyclic amines) is 1. The zero-order valence-corrected chi connectivity index (χ0v) is 26.5. The Balaban J connectivity index is 1.66. The minimum Gasteiger partial charge on any atom is -0.497 e. The predicted molar refractivity (Wildman–Crippen MR) is 158 cm³/mol. The maximum absolute atomic E-state index is 15.4. The molecule has 1 saturated heterocycles. The minimum atomic E-state index is -5.33. The summed E-state index contributed by atoms with van der Waals surface area (Å²) in [5.74, 6) is -2.95. The van der Waals surface area contributed by atoms with E-state index in [2.05, 4.69) is 4.74 Å². The first-order valence-corrected chi connectivity index (χ1v) is 15.8. The summed E-state index contributed by atoms with van der Waals surface area (Å²) in [5, 5.41) is 0.0435. The van der Waals surface area contributed by atoms with E-state index in [0.717, 1.165) is 19.2 Å². The molecule has 0 N–H and O–H groups in total. The standard InChI is InChI=1S/C30H26ClF4N3O8S/c1-36(2)27(39)22-12-17(32)14-37(22)29(19-5-4-6-23-26(19)45-15-44-23)20-11-16(31)7-9-21(20)38(28(29)40)47(41,42)25-10-8-18(43-3)13-24(25)46-30(33,34)35/h4-11,13,17,22H,12,14-15H2,1-3H3/t17-,22+,29?/m1/s1. The van der Waals surface area contributed by atoms with Crippen molar-refractivity contribution in [3.05, 3.63) is 70.7 Å². The second-order valence-electron chi connectivity index (χ2n) is 11.1. The number of nitrogens with zero attached hydrogens (tertiary/aromatic N) is 3. The number of rotatable bonds is 7. The highest BCUT2D eigenvalue weighted by Gasteiger charge is 2.64. The van der Waals surface area contributed by atoms with Crippen molar-refractivity contribution in [2.24, 2.45) is 0 Å². The molecule has 3 aromatic carbocycles. The maximum Gasteiger partial charge on any atom is 0.573 e. The SMILES string of the molecule is COc1ccc(S(=O)(=O)N2C(=O)C(c3cccc4c3OCO4)(N3C[C@H](F)C[C@H]3C(=O)N(C)C)c3cc(Cl)ccc32)c(OC(F)(F)F)c1. The summed E-state index contributed by atoms with van der Waals surface area (Å²) in [6.07, 6.45) is -7.30. The van der Waals surface area contributed by atoms with Gasteiger partial charge in [-0.15, -0.1) is 13.2 Å². The molecular formula is C30H26ClF4N3O8S. The van der Waals surface area contributed by atoms with Gasteiger partial charge in [-0.25, -0.2) is 17.1 Å². The fourth-order valence-corrected chi connectivity index (χ4v) is 8.04. The van der Waals surface area contributed by atoms with Gasteiger partial charge in [-0.2, -0.15) is 0 Å². The number of sulfonamides is 1. The Morgan fingerprint density at radius 3 is 2.51 bits per heavy atom. The monoisotopic (exact) mass is 699 g/mol. The van der Waals surface area contributed by atoms with Crippen LogP contribution in [0, 0.1) is 0 Å². The lowest BCUT2D eigenvalue weighted by atomic mass is 9.80. The number of ether oxygens (including phenoxy) is 4. The molecule has 47 heavy (non-hydrogen) atoms. The maximum atomic E-state index is 15.4. The lowest BCUT2D eigenvalue weighted by Gasteiger charge is -2.41. The van der Waals surface area contributed by atoms with E-state index in [4.69, 9.17) is 25.8 Å². The van der Waals surface area contributed by atoms with E-state index in [1.807, 2.05) is 0 Å². The summed E-state index contributed by atoms with van der Waals surface area (Å²) < 4.78 is 106. The Hall–Kier alpha value is -4.28. The van der Waals surface area contributed by atoms with Crippen LogP contribution in [-0.4, -0.2) is 83.2 Å². The second-order valence-corrected chi connectivity index (χ2v) is 13.3. The molecule has 0 bridgehead atoms. The number of alkyl halides is 4. The van der Waals surface area contributed by atoms with E-state index >= 15 is 9.18 Å². The minimum absolute atomic E-state index is 0.00543. The number of likely N-dealkylation sites (N-methyl/N-ethyl adjacent to an activating group) is 1. The van der Waals surface area contributed by atoms with Crippen molar-refractivity contribution in [2.75, 3.05) is 38.8 Å². The van der Waals surface area contributed by atoms with Crippen LogP contribution in [0.5, 0.6) is 23.0 Å². The molecule has 0 aliphatic carbocycles. The molecule has 3 heterocycles. The number of halogens is 5. The van der Waals surface area contributed by atoms with Crippen molar-refractivity contribution < 1.29 is 54.5 Å². The third-order valence-electron chi connectivity index (χ3n) is 8.15. The molecule has 2 amide bonds. The highest BCUT2D eigenvalue weighted by Crippen LogP contribution is 2.57. The first-order chi connectivity index (χ1) is 22.1. The first-order valence-electron chi connectivity index (χ1n) is 14.0. The lowest BCUT2D eigenvalue weighted by molar-refractivity contribution is -0.275. The van der Waals surface area contributed by atoms with Gasteiger partial charge in [-0.1, -0.05) is 23.7 Å². The van der Waals surface area contributed by atoms with Gasteiger partial charge in [0.05, 0.1) is 18.8 Å². The Kier molecular flexibility index (Phi) is 7.96. The average Bonchev–Trinajstić information content (AvgIpc) is 3.70. The Labute approximate surface area is 271 Å². The van der Waals surface area contributed by atoms with Crippen molar-refractivity contribution in [3.63, 3.8) is 0 Å². The van der Waals surface area contributed by atoms with E-state index in [0.29, 0.717) is 10.4 Å². The van der Waals surface area contributed by atoms with Gasteiger partial charge < -0.3 is 23.8 Å². The average molecular weight is 700 g/mol. The largest absolute Gasteiger partial charge is 0.573 e. The van der Waals surface area contributed by atoms with Gasteiger partial charge in [0.1, 0.15) is 16.8 Å². The Morgan fingerprint density at radius 2 is 1.83 bits per heavy atom. The molecule has 1 unspecified atom stereocenters. The van der Waals surface area contributed by atoms with Crippen LogP contribution >= 0.6 is 11.6 Å². The van der Waals surface area contributed by atoms with Crippen LogP contribution in [-0.2, 0) is 25.2 Å². The highest BCUT2D eigenvalue weighted by atomic mass is 35.5. The third kappa shape index (κ3) is 5.18. The normalized spacial score (nSPS) is 22.4. The van der Waals surface area contributed by atoms with Crippen LogP contribution in [0.3, 0.4) is 0 Å². The van der Waals surface area contributed by atoms with Gasteiger partial charge in [-0.3, -0.25) is 14.5 Å². The van der Waals surface area contributed by atoms with Gasteiger partial charge >= 0.3 is 6.36 Å². The van der Waals surface area contributed by atoms with Crippen molar-refractivity contribution >= 4 is 39.1 Å².